The Hall–Kier alpha value is -1.81. The second-order valence-corrected chi connectivity index (χ2v) is 4.59. The minimum absolute atomic E-state index is 0.171. The maximum atomic E-state index is 11.2. The molecule has 1 N–H and O–H groups in total. The highest BCUT2D eigenvalue weighted by Crippen LogP contribution is 2.27. The van der Waals surface area contributed by atoms with Crippen molar-refractivity contribution in [2.75, 3.05) is 20.2 Å². The van der Waals surface area contributed by atoms with E-state index in [2.05, 4.69) is 16.1 Å². The first-order valence-corrected chi connectivity index (χ1v) is 6.41. The van der Waals surface area contributed by atoms with Crippen LogP contribution in [-0.2, 0) is 16.0 Å². The molecule has 0 saturated carbocycles. The van der Waals surface area contributed by atoms with Crippen molar-refractivity contribution < 1.29 is 14.3 Å². The van der Waals surface area contributed by atoms with Crippen molar-refractivity contribution in [2.24, 2.45) is 0 Å². The third-order valence-corrected chi connectivity index (χ3v) is 3.15. The Morgan fingerprint density at radius 2 is 2.32 bits per heavy atom. The standard InChI is InChI=1S/C15H19NO3/c1-11(15(17)18-2)7-8-16-10-13-9-12-5-3-4-6-14(12)19-13/h3-7,13,16H,8-10H2,1-2H3/b11-7+. The van der Waals surface area contributed by atoms with E-state index in [1.54, 1.807) is 6.92 Å². The number of esters is 1. The quantitative estimate of drug-likeness (QED) is 0.498. The summed E-state index contributed by atoms with van der Waals surface area (Å²) in [6, 6.07) is 8.10. The predicted molar refractivity (Wildman–Crippen MR) is 73.2 cm³/mol. The van der Waals surface area contributed by atoms with Crippen molar-refractivity contribution in [2.45, 2.75) is 19.4 Å². The SMILES string of the molecule is COC(=O)/C(C)=C/CNCC1Cc2ccccc2O1. The lowest BCUT2D eigenvalue weighted by molar-refractivity contribution is -0.136. The summed E-state index contributed by atoms with van der Waals surface area (Å²) in [7, 11) is 1.39. The summed E-state index contributed by atoms with van der Waals surface area (Å²) in [6.45, 7) is 3.15. The van der Waals surface area contributed by atoms with Gasteiger partial charge < -0.3 is 14.8 Å². The van der Waals surface area contributed by atoms with Crippen LogP contribution in [0.25, 0.3) is 0 Å². The van der Waals surface area contributed by atoms with Gasteiger partial charge in [0.15, 0.2) is 0 Å². The molecular formula is C15H19NO3. The van der Waals surface area contributed by atoms with Crippen molar-refractivity contribution >= 4 is 5.97 Å². The number of fused-ring (bicyclic) bond motifs is 1. The molecule has 0 saturated heterocycles. The van der Waals surface area contributed by atoms with Crippen LogP contribution in [0.5, 0.6) is 5.75 Å². The van der Waals surface area contributed by atoms with Gasteiger partial charge in [0.25, 0.3) is 0 Å². The smallest absolute Gasteiger partial charge is 0.333 e. The van der Waals surface area contributed by atoms with Crippen LogP contribution in [-0.4, -0.2) is 32.3 Å². The predicted octanol–water partition coefficient (Wildman–Crippen LogP) is 1.70. The van der Waals surface area contributed by atoms with Gasteiger partial charge in [0.2, 0.25) is 0 Å². The fourth-order valence-corrected chi connectivity index (χ4v) is 2.08. The second kappa shape index (κ2) is 6.38. The Bertz CT molecular complexity index is 457. The first-order chi connectivity index (χ1) is 9.20. The van der Waals surface area contributed by atoms with Crippen LogP contribution in [0.3, 0.4) is 0 Å². The first kappa shape index (κ1) is 13.6. The highest BCUT2D eigenvalue weighted by molar-refractivity contribution is 5.87. The van der Waals surface area contributed by atoms with E-state index in [0.29, 0.717) is 12.1 Å². The lowest BCUT2D eigenvalue weighted by Crippen LogP contribution is -2.30. The number of para-hydroxylation sites is 1. The van der Waals surface area contributed by atoms with Crippen molar-refractivity contribution in [1.29, 1.82) is 0 Å². The topological polar surface area (TPSA) is 47.6 Å². The van der Waals surface area contributed by atoms with Crippen molar-refractivity contribution in [1.82, 2.24) is 5.32 Å². The highest BCUT2D eigenvalue weighted by atomic mass is 16.5. The van der Waals surface area contributed by atoms with Crippen LogP contribution >= 0.6 is 0 Å². The molecule has 1 heterocycles. The number of hydrogen-bond acceptors (Lipinski definition) is 4. The fourth-order valence-electron chi connectivity index (χ4n) is 2.08. The fraction of sp³-hybridized carbons (Fsp3) is 0.400. The molecule has 0 radical (unpaired) electrons. The number of hydrogen-bond donors (Lipinski definition) is 1. The molecule has 0 spiro atoms. The summed E-state index contributed by atoms with van der Waals surface area (Å²) >= 11 is 0. The number of rotatable bonds is 5. The van der Waals surface area contributed by atoms with E-state index in [-0.39, 0.29) is 12.1 Å². The van der Waals surface area contributed by atoms with Crippen molar-refractivity contribution in [3.05, 3.63) is 41.5 Å². The zero-order chi connectivity index (χ0) is 13.7. The molecule has 0 amide bonds. The number of methoxy groups -OCH3 is 1. The van der Waals surface area contributed by atoms with Gasteiger partial charge in [-0.15, -0.1) is 0 Å². The molecule has 4 heteroatoms. The van der Waals surface area contributed by atoms with E-state index in [1.165, 1.54) is 12.7 Å². The molecule has 0 aromatic heterocycles. The van der Waals surface area contributed by atoms with Crippen LogP contribution in [0, 0.1) is 0 Å². The third kappa shape index (κ3) is 3.58. The second-order valence-electron chi connectivity index (χ2n) is 4.59. The molecule has 0 fully saturated rings. The number of ether oxygens (including phenoxy) is 2. The Kier molecular flexibility index (Phi) is 4.58. The molecule has 19 heavy (non-hydrogen) atoms. The molecule has 2 rings (SSSR count). The van der Waals surface area contributed by atoms with Gasteiger partial charge in [0.05, 0.1) is 7.11 Å². The maximum Gasteiger partial charge on any atom is 0.333 e. The van der Waals surface area contributed by atoms with Gasteiger partial charge in [0.1, 0.15) is 11.9 Å². The third-order valence-electron chi connectivity index (χ3n) is 3.15. The van der Waals surface area contributed by atoms with Gasteiger partial charge in [-0.3, -0.25) is 0 Å². The van der Waals surface area contributed by atoms with E-state index in [9.17, 15) is 4.79 Å². The van der Waals surface area contributed by atoms with Crippen molar-refractivity contribution in [3.63, 3.8) is 0 Å². The number of carbonyl (C=O) groups excluding carboxylic acids is 1. The number of benzene rings is 1. The summed E-state index contributed by atoms with van der Waals surface area (Å²) in [4.78, 5) is 11.2. The van der Waals surface area contributed by atoms with Crippen molar-refractivity contribution in [3.8, 4) is 5.75 Å². The van der Waals surface area contributed by atoms with E-state index >= 15 is 0 Å². The minimum atomic E-state index is -0.286. The Morgan fingerprint density at radius 1 is 1.53 bits per heavy atom. The molecule has 1 unspecified atom stereocenters. The van der Waals surface area contributed by atoms with E-state index in [4.69, 9.17) is 4.74 Å². The average Bonchev–Trinajstić information content (AvgIpc) is 2.85. The molecule has 1 aliphatic rings. The lowest BCUT2D eigenvalue weighted by Gasteiger charge is -2.10. The van der Waals surface area contributed by atoms with Gasteiger partial charge in [0, 0.05) is 25.1 Å². The van der Waals surface area contributed by atoms with Crippen LogP contribution in [0.1, 0.15) is 12.5 Å². The van der Waals surface area contributed by atoms with Crippen LogP contribution < -0.4 is 10.1 Å². The normalized spacial score (nSPS) is 17.8. The molecule has 1 atom stereocenters. The summed E-state index contributed by atoms with van der Waals surface area (Å²) in [5.41, 5.74) is 1.88. The van der Waals surface area contributed by atoms with Gasteiger partial charge in [-0.1, -0.05) is 24.3 Å². The summed E-state index contributed by atoms with van der Waals surface area (Å²) in [5.74, 6) is 0.696. The highest BCUT2D eigenvalue weighted by Gasteiger charge is 2.21. The minimum Gasteiger partial charge on any atom is -0.488 e. The molecule has 0 aliphatic carbocycles. The molecule has 1 aliphatic heterocycles. The zero-order valence-corrected chi connectivity index (χ0v) is 11.3. The van der Waals surface area contributed by atoms with Gasteiger partial charge in [-0.25, -0.2) is 4.79 Å². The van der Waals surface area contributed by atoms with E-state index < -0.39 is 0 Å². The van der Waals surface area contributed by atoms with E-state index in [1.807, 2.05) is 24.3 Å². The monoisotopic (exact) mass is 261 g/mol. The van der Waals surface area contributed by atoms with Crippen LogP contribution in [0.2, 0.25) is 0 Å². The largest absolute Gasteiger partial charge is 0.488 e. The molecule has 1 aromatic rings. The summed E-state index contributed by atoms with van der Waals surface area (Å²) < 4.78 is 10.4. The molecule has 0 bridgehead atoms. The Morgan fingerprint density at radius 3 is 3.05 bits per heavy atom. The van der Waals surface area contributed by atoms with Gasteiger partial charge in [-0.05, 0) is 18.6 Å². The average molecular weight is 261 g/mol. The Labute approximate surface area is 113 Å². The van der Waals surface area contributed by atoms with Crippen LogP contribution in [0.4, 0.5) is 0 Å². The van der Waals surface area contributed by atoms with Crippen LogP contribution in [0.15, 0.2) is 35.9 Å². The maximum absolute atomic E-state index is 11.2. The van der Waals surface area contributed by atoms with E-state index in [0.717, 1.165) is 18.7 Å². The zero-order valence-electron chi connectivity index (χ0n) is 11.3. The Balaban J connectivity index is 1.73. The number of carbonyl (C=O) groups is 1. The van der Waals surface area contributed by atoms with Gasteiger partial charge in [-0.2, -0.15) is 0 Å². The molecule has 4 nitrogen and oxygen atoms in total. The lowest BCUT2D eigenvalue weighted by atomic mass is 10.1. The molecular weight excluding hydrogens is 242 g/mol. The molecule has 102 valence electrons. The van der Waals surface area contributed by atoms with Gasteiger partial charge >= 0.3 is 5.97 Å². The molecule has 1 aromatic carbocycles. The number of nitrogens with one attached hydrogen (secondary N) is 1. The first-order valence-electron chi connectivity index (χ1n) is 6.41. The summed E-state index contributed by atoms with van der Waals surface area (Å²) in [6.07, 6.45) is 2.93. The summed E-state index contributed by atoms with van der Waals surface area (Å²) in [5, 5.41) is 3.26.